The van der Waals surface area contributed by atoms with E-state index in [-0.39, 0.29) is 11.9 Å². The van der Waals surface area contributed by atoms with E-state index in [4.69, 9.17) is 0 Å². The summed E-state index contributed by atoms with van der Waals surface area (Å²) < 4.78 is 1.74. The van der Waals surface area contributed by atoms with E-state index in [2.05, 4.69) is 27.5 Å². The van der Waals surface area contributed by atoms with Gasteiger partial charge >= 0.3 is 0 Å². The van der Waals surface area contributed by atoms with Crippen LogP contribution in [0.5, 0.6) is 0 Å². The first kappa shape index (κ1) is 16.8. The molecule has 3 heterocycles. The summed E-state index contributed by atoms with van der Waals surface area (Å²) in [6.45, 7) is 1.51. The summed E-state index contributed by atoms with van der Waals surface area (Å²) >= 11 is 1.43. The normalized spacial score (nSPS) is 17.3. The lowest BCUT2D eigenvalue weighted by atomic mass is 10.1. The van der Waals surface area contributed by atoms with Crippen LogP contribution >= 0.6 is 11.3 Å². The number of hydrogen-bond acceptors (Lipinski definition) is 5. The van der Waals surface area contributed by atoms with Gasteiger partial charge in [-0.1, -0.05) is 18.2 Å². The summed E-state index contributed by atoms with van der Waals surface area (Å²) in [4.78, 5) is 19.9. The van der Waals surface area contributed by atoms with Gasteiger partial charge in [-0.25, -0.2) is 4.98 Å². The fourth-order valence-electron chi connectivity index (χ4n) is 3.24. The van der Waals surface area contributed by atoms with Crippen molar-refractivity contribution in [1.29, 1.82) is 0 Å². The quantitative estimate of drug-likeness (QED) is 0.769. The molecule has 4 rings (SSSR count). The maximum Gasteiger partial charge on any atom is 0.265 e. The Morgan fingerprint density at radius 1 is 1.27 bits per heavy atom. The molecule has 0 saturated carbocycles. The van der Waals surface area contributed by atoms with Crippen LogP contribution in [0, 0.1) is 0 Å². The second-order valence-electron chi connectivity index (χ2n) is 6.53. The second-order valence-corrected chi connectivity index (χ2v) is 7.56. The smallest absolute Gasteiger partial charge is 0.265 e. The molecule has 3 aromatic rings. The molecule has 0 aliphatic carbocycles. The van der Waals surface area contributed by atoms with Crippen LogP contribution in [-0.2, 0) is 7.05 Å². The molecule has 134 valence electrons. The number of carbonyl (C=O) groups excluding carboxylic acids is 1. The Morgan fingerprint density at radius 3 is 2.88 bits per heavy atom. The highest BCUT2D eigenvalue weighted by atomic mass is 32.1. The Balaban J connectivity index is 1.43. The number of rotatable bonds is 4. The van der Waals surface area contributed by atoms with Crippen LogP contribution in [0.3, 0.4) is 0 Å². The number of anilines is 1. The lowest BCUT2D eigenvalue weighted by molar-refractivity contribution is 0.0719. The van der Waals surface area contributed by atoms with Crippen molar-refractivity contribution in [1.82, 2.24) is 19.7 Å². The average molecular weight is 367 g/mol. The molecule has 1 aliphatic rings. The number of nitrogens with one attached hydrogen (secondary N) is 1. The lowest BCUT2D eigenvalue weighted by Crippen LogP contribution is -2.44. The van der Waals surface area contributed by atoms with Crippen LogP contribution < -0.4 is 5.32 Å². The zero-order chi connectivity index (χ0) is 17.9. The second kappa shape index (κ2) is 7.29. The number of benzene rings is 1. The van der Waals surface area contributed by atoms with E-state index in [0.717, 1.165) is 35.6 Å². The zero-order valence-corrected chi connectivity index (χ0v) is 15.4. The van der Waals surface area contributed by atoms with Crippen LogP contribution in [0.15, 0.2) is 48.9 Å². The van der Waals surface area contributed by atoms with Crippen molar-refractivity contribution in [3.63, 3.8) is 0 Å². The third-order valence-electron chi connectivity index (χ3n) is 4.52. The molecule has 1 unspecified atom stereocenters. The number of carbonyl (C=O) groups is 1. The molecule has 1 aliphatic heterocycles. The number of amides is 1. The van der Waals surface area contributed by atoms with Gasteiger partial charge in [-0.05, 0) is 25.0 Å². The molecule has 1 saturated heterocycles. The van der Waals surface area contributed by atoms with Gasteiger partial charge in [0.25, 0.3) is 5.91 Å². The van der Waals surface area contributed by atoms with Crippen molar-refractivity contribution in [3.8, 4) is 10.6 Å². The molecule has 1 N–H and O–H groups in total. The Kier molecular flexibility index (Phi) is 4.71. The minimum atomic E-state index is 0.0669. The van der Waals surface area contributed by atoms with Crippen molar-refractivity contribution in [2.45, 2.75) is 18.9 Å². The zero-order valence-electron chi connectivity index (χ0n) is 14.6. The average Bonchev–Trinajstić information content (AvgIpc) is 3.31. The summed E-state index contributed by atoms with van der Waals surface area (Å²) in [5.74, 6) is 0.0669. The molecule has 26 heavy (non-hydrogen) atoms. The van der Waals surface area contributed by atoms with Crippen molar-refractivity contribution < 1.29 is 4.79 Å². The number of para-hydroxylation sites is 1. The lowest BCUT2D eigenvalue weighted by Gasteiger charge is -2.33. The van der Waals surface area contributed by atoms with Gasteiger partial charge in [0, 0.05) is 43.6 Å². The van der Waals surface area contributed by atoms with Gasteiger partial charge in [0.1, 0.15) is 9.88 Å². The van der Waals surface area contributed by atoms with Crippen LogP contribution in [-0.4, -0.2) is 44.7 Å². The van der Waals surface area contributed by atoms with Crippen LogP contribution in [0.4, 0.5) is 5.69 Å². The van der Waals surface area contributed by atoms with E-state index >= 15 is 0 Å². The minimum absolute atomic E-state index is 0.0669. The SMILES string of the molecule is Cn1cc(-c2ncc(C(=O)N3CCCC(Nc4ccccc4)C3)s2)cn1. The van der Waals surface area contributed by atoms with Crippen molar-refractivity contribution in [3.05, 3.63) is 53.8 Å². The van der Waals surface area contributed by atoms with E-state index in [0.29, 0.717) is 11.4 Å². The highest BCUT2D eigenvalue weighted by Gasteiger charge is 2.26. The van der Waals surface area contributed by atoms with Gasteiger partial charge in [-0.2, -0.15) is 5.10 Å². The molecule has 1 amide bonds. The third-order valence-corrected chi connectivity index (χ3v) is 5.56. The predicted molar refractivity (Wildman–Crippen MR) is 103 cm³/mol. The summed E-state index contributed by atoms with van der Waals surface area (Å²) in [5.41, 5.74) is 2.04. The molecule has 7 heteroatoms. The van der Waals surface area contributed by atoms with E-state index in [1.54, 1.807) is 17.1 Å². The van der Waals surface area contributed by atoms with Gasteiger partial charge in [0.15, 0.2) is 0 Å². The van der Waals surface area contributed by atoms with Crippen molar-refractivity contribution in [2.24, 2.45) is 7.05 Å². The molecule has 1 atom stereocenters. The number of aromatic nitrogens is 3. The molecular formula is C19H21N5OS. The van der Waals surface area contributed by atoms with Gasteiger partial charge in [-0.3, -0.25) is 9.48 Å². The summed E-state index contributed by atoms with van der Waals surface area (Å²) in [6.07, 6.45) is 7.44. The molecular weight excluding hydrogens is 346 g/mol. The highest BCUT2D eigenvalue weighted by Crippen LogP contribution is 2.26. The largest absolute Gasteiger partial charge is 0.381 e. The van der Waals surface area contributed by atoms with Crippen LogP contribution in [0.2, 0.25) is 0 Å². The summed E-state index contributed by atoms with van der Waals surface area (Å²) in [5, 5.41) is 8.53. The molecule has 0 radical (unpaired) electrons. The molecule has 1 fully saturated rings. The number of aryl methyl sites for hydroxylation is 1. The standard InChI is InChI=1S/C19H21N5OS/c1-23-12-14(10-21-23)18-20-11-17(26-18)19(25)24-9-5-8-16(13-24)22-15-6-3-2-4-7-15/h2-4,6-7,10-12,16,22H,5,8-9,13H2,1H3. The van der Waals surface area contributed by atoms with Gasteiger partial charge in [-0.15, -0.1) is 11.3 Å². The first-order valence-corrected chi connectivity index (χ1v) is 9.56. The first-order chi connectivity index (χ1) is 12.7. The monoisotopic (exact) mass is 367 g/mol. The Labute approximate surface area is 156 Å². The number of likely N-dealkylation sites (tertiary alicyclic amines) is 1. The van der Waals surface area contributed by atoms with Gasteiger partial charge < -0.3 is 10.2 Å². The van der Waals surface area contributed by atoms with E-state index in [1.807, 2.05) is 36.3 Å². The molecule has 1 aromatic carbocycles. The highest BCUT2D eigenvalue weighted by molar-refractivity contribution is 7.16. The van der Waals surface area contributed by atoms with Crippen LogP contribution in [0.25, 0.3) is 10.6 Å². The Bertz CT molecular complexity index is 888. The molecule has 0 bridgehead atoms. The van der Waals surface area contributed by atoms with Crippen LogP contribution in [0.1, 0.15) is 22.5 Å². The fraction of sp³-hybridized carbons (Fsp3) is 0.316. The topological polar surface area (TPSA) is 63.1 Å². The Morgan fingerprint density at radius 2 is 2.12 bits per heavy atom. The van der Waals surface area contributed by atoms with Crippen molar-refractivity contribution in [2.75, 3.05) is 18.4 Å². The number of nitrogens with zero attached hydrogens (tertiary/aromatic N) is 4. The minimum Gasteiger partial charge on any atom is -0.381 e. The number of piperidine rings is 1. The molecule has 2 aromatic heterocycles. The van der Waals surface area contributed by atoms with Gasteiger partial charge in [0.05, 0.1) is 12.4 Å². The third kappa shape index (κ3) is 3.62. The molecule has 0 spiro atoms. The summed E-state index contributed by atoms with van der Waals surface area (Å²) in [7, 11) is 1.87. The first-order valence-electron chi connectivity index (χ1n) is 8.75. The van der Waals surface area contributed by atoms with E-state index < -0.39 is 0 Å². The Hall–Kier alpha value is -2.67. The maximum atomic E-state index is 12.9. The van der Waals surface area contributed by atoms with Crippen molar-refractivity contribution >= 4 is 22.9 Å². The molecule has 6 nitrogen and oxygen atoms in total. The fourth-order valence-corrected chi connectivity index (χ4v) is 4.10. The van der Waals surface area contributed by atoms with E-state index in [9.17, 15) is 4.79 Å². The predicted octanol–water partition coefficient (Wildman–Crippen LogP) is 3.26. The number of hydrogen-bond donors (Lipinski definition) is 1. The summed E-state index contributed by atoms with van der Waals surface area (Å²) in [6, 6.07) is 10.4. The van der Waals surface area contributed by atoms with E-state index in [1.165, 1.54) is 11.3 Å². The maximum absolute atomic E-state index is 12.9. The van der Waals surface area contributed by atoms with Gasteiger partial charge in [0.2, 0.25) is 0 Å². The number of thiazole rings is 1.